The van der Waals surface area contributed by atoms with Crippen molar-refractivity contribution in [3.63, 3.8) is 0 Å². The van der Waals surface area contributed by atoms with Gasteiger partial charge in [0.1, 0.15) is 5.03 Å². The minimum Gasteiger partial charge on any atom is -0.374 e. The predicted octanol–water partition coefficient (Wildman–Crippen LogP) is 1.97. The Kier molecular flexibility index (Phi) is 2.64. The summed E-state index contributed by atoms with van der Waals surface area (Å²) in [6.07, 6.45) is 1.83. The first kappa shape index (κ1) is 9.42. The fourth-order valence-corrected chi connectivity index (χ4v) is 2.39. The third-order valence-corrected chi connectivity index (χ3v) is 3.25. The average molecular weight is 224 g/mol. The van der Waals surface area contributed by atoms with Crippen LogP contribution in [0, 0.1) is 6.92 Å². The average Bonchev–Trinajstić information content (AvgIpc) is 2.56. The summed E-state index contributed by atoms with van der Waals surface area (Å²) in [5.41, 5.74) is 6.61. The predicted molar refractivity (Wildman–Crippen MR) is 57.4 cm³/mol. The van der Waals surface area contributed by atoms with E-state index in [1.807, 2.05) is 25.3 Å². The maximum Gasteiger partial charge on any atom is 0.203 e. The molecule has 0 saturated carbocycles. The first-order valence-electron chi connectivity index (χ1n) is 3.93. The molecule has 0 aliphatic rings. The number of aromatic nitrogens is 3. The van der Waals surface area contributed by atoms with E-state index < -0.39 is 0 Å². The number of aryl methyl sites for hydroxylation is 1. The lowest BCUT2D eigenvalue weighted by Gasteiger charge is -1.95. The third kappa shape index (κ3) is 2.21. The van der Waals surface area contributed by atoms with Crippen molar-refractivity contribution in [2.45, 2.75) is 16.3 Å². The van der Waals surface area contributed by atoms with Crippen molar-refractivity contribution in [3.8, 4) is 0 Å². The van der Waals surface area contributed by atoms with Gasteiger partial charge in [-0.2, -0.15) is 0 Å². The standard InChI is InChI=1S/C8H8N4S2/c1-5-2-3-6(10-4-5)13-8-12-11-7(9)14-8/h2-4H,1H3,(H2,9,11). The first-order valence-corrected chi connectivity index (χ1v) is 5.57. The lowest BCUT2D eigenvalue weighted by Crippen LogP contribution is -1.81. The summed E-state index contributed by atoms with van der Waals surface area (Å²) in [5.74, 6) is 0. The Morgan fingerprint density at radius 1 is 1.36 bits per heavy atom. The van der Waals surface area contributed by atoms with Crippen molar-refractivity contribution in [2.24, 2.45) is 0 Å². The smallest absolute Gasteiger partial charge is 0.203 e. The summed E-state index contributed by atoms with van der Waals surface area (Å²) in [6, 6.07) is 3.97. The molecule has 0 bridgehead atoms. The number of pyridine rings is 1. The van der Waals surface area contributed by atoms with Gasteiger partial charge >= 0.3 is 0 Å². The molecule has 0 spiro atoms. The minimum absolute atomic E-state index is 0.486. The Bertz CT molecular complexity index is 423. The van der Waals surface area contributed by atoms with Gasteiger partial charge in [0, 0.05) is 6.20 Å². The second kappa shape index (κ2) is 3.93. The molecule has 0 amide bonds. The van der Waals surface area contributed by atoms with E-state index in [0.717, 1.165) is 14.9 Å². The van der Waals surface area contributed by atoms with Crippen molar-refractivity contribution in [1.82, 2.24) is 15.2 Å². The highest BCUT2D eigenvalue weighted by molar-refractivity contribution is 8.01. The Morgan fingerprint density at radius 3 is 2.79 bits per heavy atom. The number of nitrogen functional groups attached to an aromatic ring is 1. The molecule has 0 aliphatic heterocycles. The molecule has 0 aromatic carbocycles. The monoisotopic (exact) mass is 224 g/mol. The zero-order chi connectivity index (χ0) is 9.97. The minimum atomic E-state index is 0.486. The van der Waals surface area contributed by atoms with Crippen LogP contribution in [0.3, 0.4) is 0 Å². The fraction of sp³-hybridized carbons (Fsp3) is 0.125. The molecule has 0 saturated heterocycles. The van der Waals surface area contributed by atoms with Crippen LogP contribution in [-0.2, 0) is 0 Å². The highest BCUT2D eigenvalue weighted by atomic mass is 32.2. The molecule has 2 N–H and O–H groups in total. The molecule has 6 heteroatoms. The highest BCUT2D eigenvalue weighted by Gasteiger charge is 2.03. The molecule has 0 fully saturated rings. The quantitative estimate of drug-likeness (QED) is 0.845. The van der Waals surface area contributed by atoms with Crippen molar-refractivity contribution >= 4 is 28.2 Å². The van der Waals surface area contributed by atoms with Crippen molar-refractivity contribution in [3.05, 3.63) is 23.9 Å². The van der Waals surface area contributed by atoms with Crippen LogP contribution in [0.1, 0.15) is 5.56 Å². The van der Waals surface area contributed by atoms with Crippen LogP contribution in [0.15, 0.2) is 27.7 Å². The fourth-order valence-electron chi connectivity index (χ4n) is 0.866. The molecule has 72 valence electrons. The largest absolute Gasteiger partial charge is 0.374 e. The van der Waals surface area contributed by atoms with Crippen LogP contribution in [0.5, 0.6) is 0 Å². The van der Waals surface area contributed by atoms with Crippen LogP contribution < -0.4 is 5.73 Å². The Morgan fingerprint density at radius 2 is 2.21 bits per heavy atom. The van der Waals surface area contributed by atoms with Crippen molar-refractivity contribution in [2.75, 3.05) is 5.73 Å². The molecule has 0 radical (unpaired) electrons. The lowest BCUT2D eigenvalue weighted by molar-refractivity contribution is 1.01. The van der Waals surface area contributed by atoms with E-state index in [0.29, 0.717) is 5.13 Å². The second-order valence-electron chi connectivity index (χ2n) is 2.68. The van der Waals surface area contributed by atoms with Gasteiger partial charge < -0.3 is 5.73 Å². The van der Waals surface area contributed by atoms with Crippen LogP contribution >= 0.6 is 23.1 Å². The molecular formula is C8H8N4S2. The molecule has 0 aliphatic carbocycles. The van der Waals surface area contributed by atoms with Crippen LogP contribution in [-0.4, -0.2) is 15.2 Å². The van der Waals surface area contributed by atoms with E-state index in [9.17, 15) is 0 Å². The van der Waals surface area contributed by atoms with Crippen LogP contribution in [0.25, 0.3) is 0 Å². The zero-order valence-electron chi connectivity index (χ0n) is 7.47. The molecule has 14 heavy (non-hydrogen) atoms. The van der Waals surface area contributed by atoms with E-state index in [1.54, 1.807) is 0 Å². The normalized spacial score (nSPS) is 10.4. The number of rotatable bonds is 2. The van der Waals surface area contributed by atoms with Gasteiger partial charge in [-0.3, -0.25) is 0 Å². The molecule has 2 aromatic heterocycles. The first-order chi connectivity index (χ1) is 6.74. The van der Waals surface area contributed by atoms with Crippen LogP contribution in [0.4, 0.5) is 5.13 Å². The van der Waals surface area contributed by atoms with E-state index in [1.165, 1.54) is 23.1 Å². The van der Waals surface area contributed by atoms with Gasteiger partial charge in [-0.1, -0.05) is 17.4 Å². The molecule has 2 aromatic rings. The van der Waals surface area contributed by atoms with Gasteiger partial charge in [0.25, 0.3) is 0 Å². The number of nitrogens with zero attached hydrogens (tertiary/aromatic N) is 3. The van der Waals surface area contributed by atoms with E-state index in [2.05, 4.69) is 15.2 Å². The van der Waals surface area contributed by atoms with Gasteiger partial charge in [0.2, 0.25) is 5.13 Å². The SMILES string of the molecule is Cc1ccc(Sc2nnc(N)s2)nc1. The topological polar surface area (TPSA) is 64.7 Å². The summed E-state index contributed by atoms with van der Waals surface area (Å²) >= 11 is 2.84. The Hall–Kier alpha value is -1.14. The number of hydrogen-bond acceptors (Lipinski definition) is 6. The van der Waals surface area contributed by atoms with Gasteiger partial charge in [-0.05, 0) is 30.3 Å². The summed E-state index contributed by atoms with van der Waals surface area (Å²) in [7, 11) is 0. The molecular weight excluding hydrogens is 216 g/mol. The number of anilines is 1. The molecule has 0 atom stereocenters. The second-order valence-corrected chi connectivity index (χ2v) is 4.96. The summed E-state index contributed by atoms with van der Waals surface area (Å²) in [4.78, 5) is 4.24. The van der Waals surface area contributed by atoms with Gasteiger partial charge in [-0.15, -0.1) is 10.2 Å². The van der Waals surface area contributed by atoms with Gasteiger partial charge in [-0.25, -0.2) is 4.98 Å². The number of nitrogens with two attached hydrogens (primary N) is 1. The molecule has 2 rings (SSSR count). The molecule has 2 heterocycles. The van der Waals surface area contributed by atoms with E-state index in [-0.39, 0.29) is 0 Å². The van der Waals surface area contributed by atoms with Crippen LogP contribution in [0.2, 0.25) is 0 Å². The zero-order valence-corrected chi connectivity index (χ0v) is 9.10. The van der Waals surface area contributed by atoms with Crippen molar-refractivity contribution in [1.29, 1.82) is 0 Å². The van der Waals surface area contributed by atoms with E-state index >= 15 is 0 Å². The lowest BCUT2D eigenvalue weighted by atomic mass is 10.3. The third-order valence-electron chi connectivity index (χ3n) is 1.50. The maximum absolute atomic E-state index is 5.47. The summed E-state index contributed by atoms with van der Waals surface area (Å²) in [6.45, 7) is 2.00. The number of hydrogen-bond donors (Lipinski definition) is 1. The Balaban J connectivity index is 2.15. The molecule has 4 nitrogen and oxygen atoms in total. The van der Waals surface area contributed by atoms with Crippen molar-refractivity contribution < 1.29 is 0 Å². The molecule has 0 unspecified atom stereocenters. The van der Waals surface area contributed by atoms with E-state index in [4.69, 9.17) is 5.73 Å². The summed E-state index contributed by atoms with van der Waals surface area (Å²) in [5, 5.41) is 9.02. The highest BCUT2D eigenvalue weighted by Crippen LogP contribution is 2.29. The van der Waals surface area contributed by atoms with Gasteiger partial charge in [0.05, 0.1) is 0 Å². The summed E-state index contributed by atoms with van der Waals surface area (Å²) < 4.78 is 0.818. The Labute approximate surface area is 89.6 Å². The maximum atomic E-state index is 5.47. The van der Waals surface area contributed by atoms with Gasteiger partial charge in [0.15, 0.2) is 4.34 Å².